The van der Waals surface area contributed by atoms with Gasteiger partial charge in [0.1, 0.15) is 10.6 Å². The zero-order chi connectivity index (χ0) is 20.3. The van der Waals surface area contributed by atoms with Gasteiger partial charge in [0.05, 0.1) is 5.02 Å². The van der Waals surface area contributed by atoms with Gasteiger partial charge in [0, 0.05) is 38.8 Å². The Morgan fingerprint density at radius 3 is 2.43 bits per heavy atom. The van der Waals surface area contributed by atoms with Crippen LogP contribution in [0, 0.1) is 0 Å². The molecule has 3 rings (SSSR count). The van der Waals surface area contributed by atoms with E-state index in [9.17, 15) is 18.0 Å². The molecule has 0 radical (unpaired) electrons. The topological polar surface area (TPSA) is 92.6 Å². The van der Waals surface area contributed by atoms with E-state index < -0.39 is 10.0 Å². The van der Waals surface area contributed by atoms with Crippen molar-refractivity contribution in [3.8, 4) is 0 Å². The molecule has 28 heavy (non-hydrogen) atoms. The van der Waals surface area contributed by atoms with Gasteiger partial charge >= 0.3 is 0 Å². The minimum Gasteiger partial charge on any atom is -0.335 e. The third-order valence-electron chi connectivity index (χ3n) is 4.50. The van der Waals surface area contributed by atoms with Crippen molar-refractivity contribution in [3.05, 3.63) is 57.5 Å². The van der Waals surface area contributed by atoms with Crippen LogP contribution in [-0.2, 0) is 16.6 Å². The molecule has 0 atom stereocenters. The van der Waals surface area contributed by atoms with Crippen LogP contribution in [-0.4, -0.2) is 59.5 Å². The summed E-state index contributed by atoms with van der Waals surface area (Å²) in [5.41, 5.74) is -0.0792. The standard InChI is InChI=1S/C18H21ClN4O4S/c1-2-9-23-17(24)8-7-15(20-23)18(25)21-10-12-22(13-11-21)28(26,27)16-6-4-3-5-14(16)19/h3-8H,2,9-13H2,1H3. The van der Waals surface area contributed by atoms with Crippen molar-refractivity contribution in [2.24, 2.45) is 0 Å². The summed E-state index contributed by atoms with van der Waals surface area (Å²) in [5.74, 6) is -0.320. The van der Waals surface area contributed by atoms with Crippen LogP contribution < -0.4 is 5.56 Å². The summed E-state index contributed by atoms with van der Waals surface area (Å²) in [6, 6.07) is 9.03. The zero-order valence-corrected chi connectivity index (χ0v) is 17.0. The Bertz CT molecular complexity index is 1030. The first-order chi connectivity index (χ1) is 13.3. The fraction of sp³-hybridized carbons (Fsp3) is 0.389. The third kappa shape index (κ3) is 4.11. The van der Waals surface area contributed by atoms with E-state index in [1.54, 1.807) is 17.0 Å². The Hall–Kier alpha value is -2.23. The lowest BCUT2D eigenvalue weighted by Gasteiger charge is -2.34. The molecule has 1 aromatic carbocycles. The van der Waals surface area contributed by atoms with Crippen LogP contribution in [0.15, 0.2) is 46.1 Å². The number of amides is 1. The van der Waals surface area contributed by atoms with E-state index in [0.29, 0.717) is 6.54 Å². The maximum absolute atomic E-state index is 12.8. The van der Waals surface area contributed by atoms with Crippen molar-refractivity contribution in [2.75, 3.05) is 26.2 Å². The molecular formula is C18H21ClN4O4S. The molecule has 10 heteroatoms. The highest BCUT2D eigenvalue weighted by molar-refractivity contribution is 7.89. The Labute approximate surface area is 168 Å². The predicted octanol–water partition coefficient (Wildman–Crippen LogP) is 1.45. The van der Waals surface area contributed by atoms with E-state index in [1.807, 2.05) is 6.92 Å². The molecule has 0 bridgehead atoms. The van der Waals surface area contributed by atoms with Crippen molar-refractivity contribution >= 4 is 27.5 Å². The summed E-state index contributed by atoms with van der Waals surface area (Å²) >= 11 is 6.03. The molecule has 2 aromatic rings. The summed E-state index contributed by atoms with van der Waals surface area (Å²) in [5, 5.41) is 4.30. The molecule has 1 aliphatic heterocycles. The Morgan fingerprint density at radius 1 is 1.11 bits per heavy atom. The first kappa shape index (κ1) is 20.5. The second-order valence-electron chi connectivity index (χ2n) is 6.41. The number of aromatic nitrogens is 2. The summed E-state index contributed by atoms with van der Waals surface area (Å²) in [7, 11) is -3.72. The van der Waals surface area contributed by atoms with Gasteiger partial charge in [-0.1, -0.05) is 30.7 Å². The van der Waals surface area contributed by atoms with Crippen molar-refractivity contribution in [1.29, 1.82) is 0 Å². The van der Waals surface area contributed by atoms with Gasteiger partial charge in [-0.05, 0) is 24.6 Å². The lowest BCUT2D eigenvalue weighted by Crippen LogP contribution is -2.50. The molecule has 0 spiro atoms. The molecule has 1 saturated heterocycles. The highest BCUT2D eigenvalue weighted by Crippen LogP contribution is 2.25. The van der Waals surface area contributed by atoms with Crippen LogP contribution >= 0.6 is 11.6 Å². The molecule has 8 nitrogen and oxygen atoms in total. The Morgan fingerprint density at radius 2 is 1.79 bits per heavy atom. The van der Waals surface area contributed by atoms with Crippen molar-refractivity contribution < 1.29 is 13.2 Å². The number of benzene rings is 1. The normalized spacial score (nSPS) is 15.6. The molecule has 150 valence electrons. The molecule has 2 heterocycles. The van der Waals surface area contributed by atoms with Crippen molar-refractivity contribution in [2.45, 2.75) is 24.8 Å². The van der Waals surface area contributed by atoms with Gasteiger partial charge in [0.25, 0.3) is 11.5 Å². The van der Waals surface area contributed by atoms with E-state index >= 15 is 0 Å². The van der Waals surface area contributed by atoms with Gasteiger partial charge in [0.15, 0.2) is 0 Å². The highest BCUT2D eigenvalue weighted by atomic mass is 35.5. The Kier molecular flexibility index (Phi) is 6.17. The first-order valence-corrected chi connectivity index (χ1v) is 10.8. The number of hydrogen-bond donors (Lipinski definition) is 0. The summed E-state index contributed by atoms with van der Waals surface area (Å²) in [4.78, 5) is 26.1. The van der Waals surface area contributed by atoms with Crippen LogP contribution in [0.3, 0.4) is 0 Å². The molecule has 1 aromatic heterocycles. The summed E-state index contributed by atoms with van der Waals surface area (Å²) < 4.78 is 28.2. The minimum atomic E-state index is -3.72. The number of rotatable bonds is 5. The van der Waals surface area contributed by atoms with Crippen molar-refractivity contribution in [1.82, 2.24) is 19.0 Å². The van der Waals surface area contributed by atoms with E-state index in [-0.39, 0.29) is 53.3 Å². The largest absolute Gasteiger partial charge is 0.335 e. The lowest BCUT2D eigenvalue weighted by atomic mass is 10.3. The van der Waals surface area contributed by atoms with Gasteiger partial charge in [-0.15, -0.1) is 0 Å². The van der Waals surface area contributed by atoms with E-state index in [4.69, 9.17) is 11.6 Å². The number of halogens is 1. The summed E-state index contributed by atoms with van der Waals surface area (Å²) in [6.07, 6.45) is 0.725. The van der Waals surface area contributed by atoms with E-state index in [2.05, 4.69) is 5.10 Å². The molecule has 0 unspecified atom stereocenters. The second kappa shape index (κ2) is 8.42. The molecule has 1 amide bonds. The Balaban J connectivity index is 1.72. The van der Waals surface area contributed by atoms with Crippen LogP contribution in [0.5, 0.6) is 0 Å². The second-order valence-corrected chi connectivity index (χ2v) is 8.72. The zero-order valence-electron chi connectivity index (χ0n) is 15.4. The van der Waals surface area contributed by atoms with Crippen LogP contribution in [0.4, 0.5) is 0 Å². The van der Waals surface area contributed by atoms with Gasteiger partial charge in [-0.3, -0.25) is 9.59 Å². The van der Waals surface area contributed by atoms with Gasteiger partial charge < -0.3 is 4.90 Å². The molecular weight excluding hydrogens is 404 g/mol. The van der Waals surface area contributed by atoms with Crippen molar-refractivity contribution in [3.63, 3.8) is 0 Å². The fourth-order valence-electron chi connectivity index (χ4n) is 3.02. The molecule has 1 aliphatic rings. The SMILES string of the molecule is CCCn1nc(C(=O)N2CCN(S(=O)(=O)c3ccccc3Cl)CC2)ccc1=O. The van der Waals surface area contributed by atoms with E-state index in [1.165, 1.54) is 33.3 Å². The summed E-state index contributed by atoms with van der Waals surface area (Å²) in [6.45, 7) is 3.14. The predicted molar refractivity (Wildman–Crippen MR) is 105 cm³/mol. The number of hydrogen-bond acceptors (Lipinski definition) is 5. The van der Waals surface area contributed by atoms with Crippen LogP contribution in [0.1, 0.15) is 23.8 Å². The number of sulfonamides is 1. The maximum Gasteiger partial charge on any atom is 0.274 e. The number of carbonyl (C=O) groups is 1. The quantitative estimate of drug-likeness (QED) is 0.724. The number of carbonyl (C=O) groups excluding carboxylic acids is 1. The number of nitrogens with zero attached hydrogens (tertiary/aromatic N) is 4. The maximum atomic E-state index is 12.8. The molecule has 0 aliphatic carbocycles. The fourth-order valence-corrected chi connectivity index (χ4v) is 4.94. The first-order valence-electron chi connectivity index (χ1n) is 8.96. The van der Waals surface area contributed by atoms with Crippen LogP contribution in [0.25, 0.3) is 0 Å². The van der Waals surface area contributed by atoms with Gasteiger partial charge in [-0.25, -0.2) is 13.1 Å². The van der Waals surface area contributed by atoms with Crippen LogP contribution in [0.2, 0.25) is 5.02 Å². The average molecular weight is 425 g/mol. The van der Waals surface area contributed by atoms with E-state index in [0.717, 1.165) is 6.42 Å². The lowest BCUT2D eigenvalue weighted by molar-refractivity contribution is 0.0689. The molecule has 1 fully saturated rings. The molecule has 0 saturated carbocycles. The van der Waals surface area contributed by atoms with Gasteiger partial charge in [-0.2, -0.15) is 9.40 Å². The monoisotopic (exact) mass is 424 g/mol. The minimum absolute atomic E-state index is 0.0600. The molecule has 0 N–H and O–H groups in total. The number of aryl methyl sites for hydroxylation is 1. The smallest absolute Gasteiger partial charge is 0.274 e. The highest BCUT2D eigenvalue weighted by Gasteiger charge is 2.32. The van der Waals surface area contributed by atoms with Gasteiger partial charge in [0.2, 0.25) is 10.0 Å². The number of piperazine rings is 1. The average Bonchev–Trinajstić information content (AvgIpc) is 2.69. The third-order valence-corrected chi connectivity index (χ3v) is 6.90.